The van der Waals surface area contributed by atoms with Crippen LogP contribution in [0.4, 0.5) is 0 Å². The quantitative estimate of drug-likeness (QED) is 0.903. The number of sulfonamides is 1. The number of aromatic nitrogens is 2. The zero-order chi connectivity index (χ0) is 13.2. The summed E-state index contributed by atoms with van der Waals surface area (Å²) in [5, 5.41) is 0.0541. The molecule has 0 aliphatic heterocycles. The fraction of sp³-hybridized carbons (Fsp3) is 0.250. The van der Waals surface area contributed by atoms with Gasteiger partial charge in [-0.05, 0) is 12.5 Å². The first kappa shape index (κ1) is 12.8. The number of nitrogens with one attached hydrogen (secondary N) is 1. The van der Waals surface area contributed by atoms with Crippen molar-refractivity contribution in [1.29, 1.82) is 0 Å². The number of aryl methyl sites for hydroxylation is 2. The molecule has 1 heterocycles. The fourth-order valence-electron chi connectivity index (χ4n) is 1.50. The van der Waals surface area contributed by atoms with E-state index in [0.29, 0.717) is 5.82 Å². The molecule has 0 aliphatic carbocycles. The first-order valence-corrected chi connectivity index (χ1v) is 7.01. The molecule has 0 bridgehead atoms. The van der Waals surface area contributed by atoms with E-state index >= 15 is 0 Å². The Hall–Kier alpha value is -1.66. The van der Waals surface area contributed by atoms with Crippen molar-refractivity contribution >= 4 is 10.0 Å². The Morgan fingerprint density at radius 1 is 1.28 bits per heavy atom. The number of hydrogen-bond acceptors (Lipinski definition) is 3. The van der Waals surface area contributed by atoms with E-state index in [2.05, 4.69) is 9.71 Å². The summed E-state index contributed by atoms with van der Waals surface area (Å²) in [4.78, 5) is 4.01. The molecule has 0 spiro atoms. The van der Waals surface area contributed by atoms with Gasteiger partial charge in [-0.2, -0.15) is 0 Å². The van der Waals surface area contributed by atoms with Gasteiger partial charge >= 0.3 is 0 Å². The molecule has 96 valence electrons. The van der Waals surface area contributed by atoms with E-state index in [1.165, 1.54) is 6.20 Å². The lowest BCUT2D eigenvalue weighted by molar-refractivity contribution is 0.578. The summed E-state index contributed by atoms with van der Waals surface area (Å²) >= 11 is 0. The third-order valence-corrected chi connectivity index (χ3v) is 3.94. The van der Waals surface area contributed by atoms with Crippen molar-refractivity contribution in [3.05, 3.63) is 47.9 Å². The van der Waals surface area contributed by atoms with Gasteiger partial charge in [0.1, 0.15) is 5.82 Å². The highest BCUT2D eigenvalue weighted by Crippen LogP contribution is 2.08. The molecule has 18 heavy (non-hydrogen) atoms. The van der Waals surface area contributed by atoms with Crippen molar-refractivity contribution in [1.82, 2.24) is 14.3 Å². The topological polar surface area (TPSA) is 64.0 Å². The predicted molar refractivity (Wildman–Crippen MR) is 68.4 cm³/mol. The van der Waals surface area contributed by atoms with Gasteiger partial charge in [-0.3, -0.25) is 0 Å². The van der Waals surface area contributed by atoms with Crippen LogP contribution in [0.25, 0.3) is 0 Å². The number of nitrogens with zero attached hydrogens (tertiary/aromatic N) is 2. The van der Waals surface area contributed by atoms with Crippen molar-refractivity contribution in [3.8, 4) is 0 Å². The van der Waals surface area contributed by atoms with Crippen LogP contribution in [0.15, 0.2) is 41.6 Å². The number of hydrogen-bond donors (Lipinski definition) is 1. The molecule has 0 unspecified atom stereocenters. The maximum absolute atomic E-state index is 12.0. The van der Waals surface area contributed by atoms with E-state index in [1.54, 1.807) is 18.5 Å². The van der Waals surface area contributed by atoms with Gasteiger partial charge in [0.2, 0.25) is 0 Å². The molecule has 2 rings (SSSR count). The maximum atomic E-state index is 12.0. The molecule has 6 heteroatoms. The van der Waals surface area contributed by atoms with Gasteiger partial charge in [0, 0.05) is 19.8 Å². The molecule has 1 aromatic carbocycles. The maximum Gasteiger partial charge on any atom is 0.259 e. The van der Waals surface area contributed by atoms with Gasteiger partial charge in [-0.15, -0.1) is 0 Å². The van der Waals surface area contributed by atoms with E-state index in [1.807, 2.05) is 30.3 Å². The molecule has 1 N–H and O–H groups in total. The van der Waals surface area contributed by atoms with Crippen molar-refractivity contribution in [2.24, 2.45) is 7.05 Å². The fourth-order valence-corrected chi connectivity index (χ4v) is 2.56. The smallest absolute Gasteiger partial charge is 0.259 e. The zero-order valence-corrected chi connectivity index (χ0v) is 11.1. The summed E-state index contributed by atoms with van der Waals surface area (Å²) < 4.78 is 28.2. The second kappa shape index (κ2) is 4.91. The van der Waals surface area contributed by atoms with Crippen LogP contribution < -0.4 is 4.72 Å². The van der Waals surface area contributed by atoms with Gasteiger partial charge in [-0.1, -0.05) is 30.3 Å². The third kappa shape index (κ3) is 2.77. The molecule has 2 aromatic rings. The lowest BCUT2D eigenvalue weighted by Crippen LogP contribution is -2.23. The van der Waals surface area contributed by atoms with Gasteiger partial charge in [0.05, 0.1) is 0 Å². The Labute approximate surface area is 107 Å². The van der Waals surface area contributed by atoms with Crippen LogP contribution >= 0.6 is 0 Å². The molecule has 0 amide bonds. The Kier molecular flexibility index (Phi) is 3.49. The molecule has 5 nitrogen and oxygen atoms in total. The van der Waals surface area contributed by atoms with Crippen LogP contribution in [0, 0.1) is 6.92 Å². The lowest BCUT2D eigenvalue weighted by atomic mass is 10.2. The monoisotopic (exact) mass is 265 g/mol. The Bertz CT molecular complexity index is 613. The average Bonchev–Trinajstić information content (AvgIpc) is 2.70. The Morgan fingerprint density at radius 2 is 1.94 bits per heavy atom. The van der Waals surface area contributed by atoms with Gasteiger partial charge in [0.25, 0.3) is 10.0 Å². The zero-order valence-electron chi connectivity index (χ0n) is 10.3. The van der Waals surface area contributed by atoms with Gasteiger partial charge in [0.15, 0.2) is 5.03 Å². The molecule has 0 atom stereocenters. The Morgan fingerprint density at radius 3 is 2.50 bits per heavy atom. The Balaban J connectivity index is 2.13. The lowest BCUT2D eigenvalue weighted by Gasteiger charge is -2.03. The SMILES string of the molecule is Cc1nc(S(=O)(=O)NCc2ccccc2)cn1C. The highest BCUT2D eigenvalue weighted by Gasteiger charge is 2.17. The van der Waals surface area contributed by atoms with Gasteiger partial charge < -0.3 is 4.57 Å². The van der Waals surface area contributed by atoms with Crippen molar-refractivity contribution in [2.75, 3.05) is 0 Å². The minimum absolute atomic E-state index is 0.0541. The molecular weight excluding hydrogens is 250 g/mol. The largest absolute Gasteiger partial charge is 0.337 e. The number of rotatable bonds is 4. The van der Waals surface area contributed by atoms with Crippen LogP contribution in [-0.2, 0) is 23.6 Å². The predicted octanol–water partition coefficient (Wildman–Crippen LogP) is 1.21. The highest BCUT2D eigenvalue weighted by atomic mass is 32.2. The van der Waals surface area contributed by atoms with E-state index in [-0.39, 0.29) is 11.6 Å². The molecular formula is C12H15N3O2S. The van der Waals surface area contributed by atoms with Crippen LogP contribution in [0.1, 0.15) is 11.4 Å². The van der Waals surface area contributed by atoms with E-state index in [4.69, 9.17) is 0 Å². The molecule has 0 fully saturated rings. The van der Waals surface area contributed by atoms with E-state index in [9.17, 15) is 8.42 Å². The molecule has 1 aromatic heterocycles. The summed E-state index contributed by atoms with van der Waals surface area (Å²) in [7, 11) is -1.78. The van der Waals surface area contributed by atoms with Crippen LogP contribution in [0.3, 0.4) is 0 Å². The summed E-state index contributed by atoms with van der Waals surface area (Å²) in [6, 6.07) is 9.36. The number of benzene rings is 1. The summed E-state index contributed by atoms with van der Waals surface area (Å²) in [6.07, 6.45) is 1.50. The second-order valence-corrected chi connectivity index (χ2v) is 5.76. The molecule has 0 saturated carbocycles. The van der Waals surface area contributed by atoms with Crippen molar-refractivity contribution in [3.63, 3.8) is 0 Å². The van der Waals surface area contributed by atoms with Crippen LogP contribution in [0.5, 0.6) is 0 Å². The molecule has 0 aliphatic rings. The standard InChI is InChI=1S/C12H15N3O2S/c1-10-14-12(9-15(10)2)18(16,17)13-8-11-6-4-3-5-7-11/h3-7,9,13H,8H2,1-2H3. The summed E-state index contributed by atoms with van der Waals surface area (Å²) in [5.74, 6) is 0.662. The third-order valence-electron chi connectivity index (χ3n) is 2.67. The van der Waals surface area contributed by atoms with E-state index < -0.39 is 10.0 Å². The normalized spacial score (nSPS) is 11.7. The van der Waals surface area contributed by atoms with Crippen molar-refractivity contribution < 1.29 is 8.42 Å². The van der Waals surface area contributed by atoms with Crippen LogP contribution in [0.2, 0.25) is 0 Å². The highest BCUT2D eigenvalue weighted by molar-refractivity contribution is 7.89. The molecule has 0 saturated heterocycles. The molecule has 0 radical (unpaired) electrons. The van der Waals surface area contributed by atoms with E-state index in [0.717, 1.165) is 5.56 Å². The first-order valence-electron chi connectivity index (χ1n) is 5.52. The second-order valence-electron chi connectivity index (χ2n) is 4.05. The average molecular weight is 265 g/mol. The minimum atomic E-state index is -3.54. The first-order chi connectivity index (χ1) is 8.49. The van der Waals surface area contributed by atoms with Crippen LogP contribution in [-0.4, -0.2) is 18.0 Å². The van der Waals surface area contributed by atoms with Gasteiger partial charge in [-0.25, -0.2) is 18.1 Å². The summed E-state index contributed by atoms with van der Waals surface area (Å²) in [6.45, 7) is 2.02. The summed E-state index contributed by atoms with van der Waals surface area (Å²) in [5.41, 5.74) is 0.911. The number of imidazole rings is 1. The van der Waals surface area contributed by atoms with Crippen molar-refractivity contribution in [2.45, 2.75) is 18.5 Å². The minimum Gasteiger partial charge on any atom is -0.337 e.